The Morgan fingerprint density at radius 3 is 2.74 bits per heavy atom. The number of amides is 2. The Balaban J connectivity index is 1.43. The molecule has 34 heavy (non-hydrogen) atoms. The molecule has 182 valence electrons. The van der Waals surface area contributed by atoms with E-state index in [1.165, 1.54) is 58.6 Å². The minimum atomic E-state index is -1.62. The normalized spacial score (nSPS) is 21.9. The second kappa shape index (κ2) is 10.2. The van der Waals surface area contributed by atoms with Crippen LogP contribution in [0, 0.1) is 13.8 Å². The fourth-order valence-corrected chi connectivity index (χ4v) is 7.53. The number of ether oxygens (including phenoxy) is 1. The number of aliphatic carboxylic acids is 1. The molecule has 0 bridgehead atoms. The quantitative estimate of drug-likeness (QED) is 0.239. The zero-order valence-corrected chi connectivity index (χ0v) is 21.5. The van der Waals surface area contributed by atoms with Crippen LogP contribution in [0.4, 0.5) is 0 Å². The molecule has 1 fully saturated rings. The molecule has 13 nitrogen and oxygen atoms in total. The van der Waals surface area contributed by atoms with Crippen molar-refractivity contribution in [2.75, 3.05) is 24.4 Å². The lowest BCUT2D eigenvalue weighted by Gasteiger charge is -2.55. The van der Waals surface area contributed by atoms with Gasteiger partial charge in [0, 0.05) is 18.6 Å². The van der Waals surface area contributed by atoms with E-state index in [4.69, 9.17) is 4.74 Å². The van der Waals surface area contributed by atoms with Crippen molar-refractivity contribution >= 4 is 64.4 Å². The van der Waals surface area contributed by atoms with Gasteiger partial charge in [-0.3, -0.25) is 14.5 Å². The van der Waals surface area contributed by atoms with Gasteiger partial charge in [0.2, 0.25) is 5.91 Å². The highest BCUT2D eigenvalue weighted by molar-refractivity contribution is 8.02. The first kappa shape index (κ1) is 24.9. The Kier molecular flexibility index (Phi) is 7.46. The summed E-state index contributed by atoms with van der Waals surface area (Å²) >= 11 is 5.41. The van der Waals surface area contributed by atoms with Crippen molar-refractivity contribution in [3.8, 4) is 0 Å². The highest BCUT2D eigenvalue weighted by Gasteiger charge is 2.66. The number of methoxy groups -OCH3 is 1. The van der Waals surface area contributed by atoms with Crippen molar-refractivity contribution < 1.29 is 24.2 Å². The number of hydrogen-bond acceptors (Lipinski definition) is 13. The molecule has 2 atom stereocenters. The van der Waals surface area contributed by atoms with E-state index in [1.54, 1.807) is 11.6 Å². The molecule has 17 heteroatoms. The summed E-state index contributed by atoms with van der Waals surface area (Å²) in [5.41, 5.74) is -1.10. The summed E-state index contributed by atoms with van der Waals surface area (Å²) in [4.78, 5) is 39.0. The monoisotopic (exact) mass is 544 g/mol. The predicted octanol–water partition coefficient (Wildman–Crippen LogP) is 0.337. The minimum absolute atomic E-state index is 0.0415. The van der Waals surface area contributed by atoms with Gasteiger partial charge in [-0.1, -0.05) is 23.1 Å². The largest absolute Gasteiger partial charge is 0.477 e. The molecule has 2 aromatic rings. The number of aryl methyl sites for hydroxylation is 2. The SMILES string of the molecule is CO[C@@]1(NC(=O)CSCn2nnnc2C)C(=O)N2C(C(=O)O)=C(CSc3nnc(C)s3)CSC21. The summed E-state index contributed by atoms with van der Waals surface area (Å²) in [5, 5.41) is 31.8. The lowest BCUT2D eigenvalue weighted by molar-refractivity contribution is -0.192. The smallest absolute Gasteiger partial charge is 0.352 e. The van der Waals surface area contributed by atoms with Gasteiger partial charge in [0.25, 0.3) is 11.6 Å². The van der Waals surface area contributed by atoms with Crippen molar-refractivity contribution in [1.29, 1.82) is 0 Å². The van der Waals surface area contributed by atoms with Crippen LogP contribution in [0.25, 0.3) is 0 Å². The van der Waals surface area contributed by atoms with E-state index in [9.17, 15) is 19.5 Å². The molecule has 1 saturated heterocycles. The number of aromatic nitrogens is 6. The highest BCUT2D eigenvalue weighted by atomic mass is 32.2. The van der Waals surface area contributed by atoms with Gasteiger partial charge in [0.1, 0.15) is 21.9 Å². The van der Waals surface area contributed by atoms with Crippen molar-refractivity contribution in [2.24, 2.45) is 0 Å². The van der Waals surface area contributed by atoms with E-state index in [2.05, 4.69) is 31.0 Å². The summed E-state index contributed by atoms with van der Waals surface area (Å²) in [6.45, 7) is 3.59. The average molecular weight is 545 g/mol. The standard InChI is InChI=1S/C17H20N8O5S4/c1-8-19-22-23-24(8)7-31-6-11(26)18-17(30-3)14(29)25-12(13(27)28)10(4-32-15(17)25)5-33-16-21-20-9(2)34-16/h15H,4-7H2,1-3H3,(H,18,26)(H,27,28)/t15?,17-/m0/s1. The van der Waals surface area contributed by atoms with Crippen molar-refractivity contribution in [2.45, 2.75) is 35.2 Å². The fraction of sp³-hybridized carbons (Fsp3) is 0.529. The number of nitrogens with one attached hydrogen (secondary N) is 1. The first-order valence-corrected chi connectivity index (χ1v) is 13.8. The summed E-state index contributed by atoms with van der Waals surface area (Å²) in [5.74, 6) is -0.479. The number of carboxylic acids is 1. The zero-order chi connectivity index (χ0) is 24.5. The molecular weight excluding hydrogens is 525 g/mol. The molecule has 0 radical (unpaired) electrons. The first-order chi connectivity index (χ1) is 16.3. The number of carbonyl (C=O) groups excluding carboxylic acids is 2. The summed E-state index contributed by atoms with van der Waals surface area (Å²) in [6.07, 6.45) is 0. The van der Waals surface area contributed by atoms with Crippen LogP contribution in [0.3, 0.4) is 0 Å². The van der Waals surface area contributed by atoms with Gasteiger partial charge in [-0.05, 0) is 29.8 Å². The molecule has 0 saturated carbocycles. The first-order valence-electron chi connectivity index (χ1n) is 9.77. The maximum Gasteiger partial charge on any atom is 0.352 e. The van der Waals surface area contributed by atoms with Crippen LogP contribution in [-0.4, -0.2) is 93.7 Å². The Morgan fingerprint density at radius 1 is 1.32 bits per heavy atom. The average Bonchev–Trinajstić information content (AvgIpc) is 3.42. The van der Waals surface area contributed by atoms with Gasteiger partial charge in [-0.2, -0.15) is 0 Å². The molecule has 4 rings (SSSR count). The molecule has 2 aromatic heterocycles. The predicted molar refractivity (Wildman–Crippen MR) is 126 cm³/mol. The molecule has 4 heterocycles. The molecule has 2 N–H and O–H groups in total. The van der Waals surface area contributed by atoms with Gasteiger partial charge < -0.3 is 15.2 Å². The van der Waals surface area contributed by atoms with E-state index < -0.39 is 28.9 Å². The molecule has 0 aromatic carbocycles. The molecule has 2 aliphatic heterocycles. The number of fused-ring (bicyclic) bond motifs is 1. The summed E-state index contributed by atoms with van der Waals surface area (Å²) < 4.78 is 7.74. The Hall–Kier alpha value is -2.21. The minimum Gasteiger partial charge on any atom is -0.477 e. The van der Waals surface area contributed by atoms with Crippen LogP contribution < -0.4 is 5.32 Å². The molecule has 0 spiro atoms. The number of nitrogens with zero attached hydrogens (tertiary/aromatic N) is 7. The van der Waals surface area contributed by atoms with Crippen LogP contribution in [0.15, 0.2) is 15.6 Å². The van der Waals surface area contributed by atoms with Crippen LogP contribution in [0.5, 0.6) is 0 Å². The molecule has 2 amide bonds. The van der Waals surface area contributed by atoms with Gasteiger partial charge in [-0.15, -0.1) is 38.8 Å². The zero-order valence-electron chi connectivity index (χ0n) is 18.2. The van der Waals surface area contributed by atoms with E-state index >= 15 is 0 Å². The second-order valence-electron chi connectivity index (χ2n) is 7.16. The van der Waals surface area contributed by atoms with Crippen LogP contribution >= 0.6 is 46.6 Å². The van der Waals surface area contributed by atoms with Gasteiger partial charge in [-0.25, -0.2) is 9.48 Å². The Bertz CT molecular complexity index is 1150. The van der Waals surface area contributed by atoms with Crippen LogP contribution in [0.2, 0.25) is 0 Å². The van der Waals surface area contributed by atoms with Crippen molar-refractivity contribution in [1.82, 2.24) is 40.6 Å². The number of tetrazole rings is 1. The third-order valence-corrected chi connectivity index (χ3v) is 9.32. The van der Waals surface area contributed by atoms with E-state index in [0.29, 0.717) is 28.8 Å². The Labute approximate surface area is 210 Å². The van der Waals surface area contributed by atoms with E-state index in [-0.39, 0.29) is 11.4 Å². The maximum absolute atomic E-state index is 13.1. The maximum atomic E-state index is 13.1. The second-order valence-corrected chi connectivity index (χ2v) is 11.6. The molecular formula is C17H20N8O5S4. The van der Waals surface area contributed by atoms with Gasteiger partial charge in [0.05, 0.1) is 11.6 Å². The number of carbonyl (C=O) groups is 3. The number of carboxylic acid groups (broad SMARTS) is 1. The van der Waals surface area contributed by atoms with Crippen LogP contribution in [0.1, 0.15) is 10.8 Å². The molecule has 0 aliphatic carbocycles. The van der Waals surface area contributed by atoms with Crippen LogP contribution in [-0.2, 0) is 25.0 Å². The van der Waals surface area contributed by atoms with E-state index in [0.717, 1.165) is 9.35 Å². The topological polar surface area (TPSA) is 165 Å². The third kappa shape index (κ3) is 4.66. The summed E-state index contributed by atoms with van der Waals surface area (Å²) in [6, 6.07) is 0. The number of thioether (sulfide) groups is 3. The van der Waals surface area contributed by atoms with Crippen molar-refractivity contribution in [3.05, 3.63) is 22.1 Å². The molecule has 1 unspecified atom stereocenters. The van der Waals surface area contributed by atoms with Crippen molar-refractivity contribution in [3.63, 3.8) is 0 Å². The van der Waals surface area contributed by atoms with Gasteiger partial charge in [0.15, 0.2) is 4.34 Å². The van der Waals surface area contributed by atoms with E-state index in [1.807, 2.05) is 6.92 Å². The Morgan fingerprint density at radius 2 is 2.12 bits per heavy atom. The number of rotatable bonds is 10. The highest BCUT2D eigenvalue weighted by Crippen LogP contribution is 2.47. The number of hydrogen-bond donors (Lipinski definition) is 2. The summed E-state index contributed by atoms with van der Waals surface area (Å²) in [7, 11) is 1.32. The fourth-order valence-electron chi connectivity index (χ4n) is 3.38. The lowest BCUT2D eigenvalue weighted by atomic mass is 9.98. The number of β-lactam (4-membered cyclic amide) rings is 1. The molecule has 2 aliphatic rings. The lowest BCUT2D eigenvalue weighted by Crippen LogP contribution is -2.80. The third-order valence-electron chi connectivity index (χ3n) is 4.99. The van der Waals surface area contributed by atoms with Gasteiger partial charge >= 0.3 is 5.97 Å².